The lowest BCUT2D eigenvalue weighted by molar-refractivity contribution is 0.447. The molecule has 0 aliphatic carbocycles. The van der Waals surface area contributed by atoms with Gasteiger partial charge in [-0.3, -0.25) is 0 Å². The Labute approximate surface area is 129 Å². The number of hydrogen-bond acceptors (Lipinski definition) is 3. The second-order valence-corrected chi connectivity index (χ2v) is 6.33. The van der Waals surface area contributed by atoms with Crippen LogP contribution in [0.5, 0.6) is 5.75 Å². The van der Waals surface area contributed by atoms with E-state index in [4.69, 9.17) is 0 Å². The van der Waals surface area contributed by atoms with E-state index in [0.717, 1.165) is 16.5 Å². The molecule has 0 amide bonds. The third-order valence-corrected chi connectivity index (χ3v) is 3.65. The first-order valence-corrected chi connectivity index (χ1v) is 7.27. The van der Waals surface area contributed by atoms with Gasteiger partial charge >= 0.3 is 0 Å². The molecule has 1 aromatic heterocycles. The minimum Gasteiger partial charge on any atom is -0.505 e. The first-order chi connectivity index (χ1) is 10.5. The zero-order valence-electron chi connectivity index (χ0n) is 13.0. The van der Waals surface area contributed by atoms with Crippen molar-refractivity contribution >= 4 is 16.6 Å². The number of hydrogen-bond donors (Lipinski definition) is 1. The van der Waals surface area contributed by atoms with E-state index in [-0.39, 0.29) is 11.2 Å². The van der Waals surface area contributed by atoms with Gasteiger partial charge in [0.2, 0.25) is 0 Å². The maximum Gasteiger partial charge on any atom is 0.146 e. The first-order valence-electron chi connectivity index (χ1n) is 7.27. The summed E-state index contributed by atoms with van der Waals surface area (Å²) in [5, 5.41) is 19.9. The summed E-state index contributed by atoms with van der Waals surface area (Å²) in [6, 6.07) is 15.5. The van der Waals surface area contributed by atoms with Crippen LogP contribution in [0.3, 0.4) is 0 Å². The van der Waals surface area contributed by atoms with E-state index in [2.05, 4.69) is 31.1 Å². The van der Waals surface area contributed by atoms with Crippen molar-refractivity contribution in [2.24, 2.45) is 10.3 Å². The zero-order chi connectivity index (χ0) is 15.7. The minimum atomic E-state index is -0.143. The van der Waals surface area contributed by atoms with Crippen LogP contribution in [0.25, 0.3) is 10.9 Å². The number of para-hydroxylation sites is 2. The maximum absolute atomic E-state index is 10.4. The standard InChI is InChI=1S/C18H19N3O/c1-18(2,3)14-8-6-9-15(17(14)22)19-20-21-12-11-13-7-4-5-10-16(13)21/h4-12,22H,1-3H3. The third-order valence-electron chi connectivity index (χ3n) is 3.65. The SMILES string of the molecule is CC(C)(C)c1cccc(N=Nn2ccc3ccccc32)c1O. The largest absolute Gasteiger partial charge is 0.505 e. The third kappa shape index (κ3) is 2.60. The van der Waals surface area contributed by atoms with Crippen LogP contribution in [-0.2, 0) is 5.41 Å². The fourth-order valence-corrected chi connectivity index (χ4v) is 2.46. The van der Waals surface area contributed by atoms with E-state index in [1.165, 1.54) is 0 Å². The van der Waals surface area contributed by atoms with Gasteiger partial charge in [0.25, 0.3) is 0 Å². The molecule has 4 nitrogen and oxygen atoms in total. The predicted octanol–water partition coefficient (Wildman–Crippen LogP) is 5.19. The van der Waals surface area contributed by atoms with Crippen molar-refractivity contribution in [1.82, 2.24) is 4.68 Å². The second-order valence-electron chi connectivity index (χ2n) is 6.33. The van der Waals surface area contributed by atoms with Crippen molar-refractivity contribution in [3.63, 3.8) is 0 Å². The van der Waals surface area contributed by atoms with Crippen LogP contribution in [0.4, 0.5) is 5.69 Å². The Kier molecular flexibility index (Phi) is 3.45. The predicted molar refractivity (Wildman–Crippen MR) is 88.7 cm³/mol. The second kappa shape index (κ2) is 5.30. The smallest absolute Gasteiger partial charge is 0.146 e. The van der Waals surface area contributed by atoms with Gasteiger partial charge in [-0.15, -0.1) is 5.11 Å². The molecule has 4 heteroatoms. The highest BCUT2D eigenvalue weighted by molar-refractivity contribution is 5.79. The average Bonchev–Trinajstić information content (AvgIpc) is 2.88. The number of fused-ring (bicyclic) bond motifs is 1. The van der Waals surface area contributed by atoms with E-state index >= 15 is 0 Å². The number of rotatable bonds is 2. The van der Waals surface area contributed by atoms with Crippen LogP contribution >= 0.6 is 0 Å². The molecule has 3 aromatic rings. The minimum absolute atomic E-state index is 0.143. The quantitative estimate of drug-likeness (QED) is 0.649. The topological polar surface area (TPSA) is 49.9 Å². The maximum atomic E-state index is 10.4. The van der Waals surface area contributed by atoms with E-state index < -0.39 is 0 Å². The molecule has 0 bridgehead atoms. The van der Waals surface area contributed by atoms with Gasteiger partial charge in [0.15, 0.2) is 0 Å². The van der Waals surface area contributed by atoms with Crippen LogP contribution in [0.15, 0.2) is 65.1 Å². The van der Waals surface area contributed by atoms with Crippen molar-refractivity contribution in [1.29, 1.82) is 0 Å². The van der Waals surface area contributed by atoms with Crippen LogP contribution < -0.4 is 0 Å². The fraction of sp³-hybridized carbons (Fsp3) is 0.222. The Bertz CT molecular complexity index is 841. The lowest BCUT2D eigenvalue weighted by Crippen LogP contribution is -2.10. The molecule has 0 radical (unpaired) electrons. The van der Waals surface area contributed by atoms with Gasteiger partial charge < -0.3 is 5.11 Å². The van der Waals surface area contributed by atoms with Crippen LogP contribution in [-0.4, -0.2) is 9.78 Å². The van der Waals surface area contributed by atoms with Crippen molar-refractivity contribution in [3.05, 3.63) is 60.3 Å². The molecule has 2 aromatic carbocycles. The molecular formula is C18H19N3O. The first kappa shape index (κ1) is 14.3. The van der Waals surface area contributed by atoms with Crippen molar-refractivity contribution < 1.29 is 5.11 Å². The molecule has 0 saturated heterocycles. The Morgan fingerprint density at radius 2 is 1.73 bits per heavy atom. The van der Waals surface area contributed by atoms with Crippen LogP contribution in [0.2, 0.25) is 0 Å². The number of aromatic hydroxyl groups is 1. The molecule has 0 fully saturated rings. The summed E-state index contributed by atoms with van der Waals surface area (Å²) in [6.07, 6.45) is 1.86. The highest BCUT2D eigenvalue weighted by Crippen LogP contribution is 2.37. The van der Waals surface area contributed by atoms with E-state index in [1.54, 1.807) is 10.7 Å². The Morgan fingerprint density at radius 1 is 0.955 bits per heavy atom. The molecule has 0 saturated carbocycles. The van der Waals surface area contributed by atoms with Crippen molar-refractivity contribution in [2.75, 3.05) is 0 Å². The molecule has 1 N–H and O–H groups in total. The van der Waals surface area contributed by atoms with Gasteiger partial charge in [0.1, 0.15) is 11.4 Å². The molecule has 0 spiro atoms. The Balaban J connectivity index is 2.00. The van der Waals surface area contributed by atoms with Crippen molar-refractivity contribution in [2.45, 2.75) is 26.2 Å². The van der Waals surface area contributed by atoms with E-state index in [9.17, 15) is 5.11 Å². The van der Waals surface area contributed by atoms with Gasteiger partial charge in [-0.1, -0.05) is 56.3 Å². The number of benzene rings is 2. The van der Waals surface area contributed by atoms with E-state index in [1.807, 2.05) is 48.7 Å². The van der Waals surface area contributed by atoms with Crippen LogP contribution in [0, 0.1) is 0 Å². The fourth-order valence-electron chi connectivity index (χ4n) is 2.46. The molecule has 0 unspecified atom stereocenters. The summed E-state index contributed by atoms with van der Waals surface area (Å²) < 4.78 is 1.71. The lowest BCUT2D eigenvalue weighted by Gasteiger charge is -2.20. The molecule has 112 valence electrons. The number of nitrogens with zero attached hydrogens (tertiary/aromatic N) is 3. The van der Waals surface area contributed by atoms with E-state index in [0.29, 0.717) is 5.69 Å². The molecule has 1 heterocycles. The number of aromatic nitrogens is 1. The summed E-state index contributed by atoms with van der Waals surface area (Å²) in [5.74, 6) is 0.190. The van der Waals surface area contributed by atoms with Gasteiger partial charge in [0, 0.05) is 17.1 Å². The highest BCUT2D eigenvalue weighted by Gasteiger charge is 2.19. The monoisotopic (exact) mass is 293 g/mol. The van der Waals surface area contributed by atoms with Gasteiger partial charge in [-0.25, -0.2) is 4.68 Å². The van der Waals surface area contributed by atoms with Gasteiger partial charge in [-0.05, 0) is 23.6 Å². The average molecular weight is 293 g/mol. The highest BCUT2D eigenvalue weighted by atomic mass is 16.3. The molecule has 0 aliphatic heterocycles. The zero-order valence-corrected chi connectivity index (χ0v) is 13.0. The summed E-state index contributed by atoms with van der Waals surface area (Å²) >= 11 is 0. The summed E-state index contributed by atoms with van der Waals surface area (Å²) in [7, 11) is 0. The summed E-state index contributed by atoms with van der Waals surface area (Å²) in [5.41, 5.74) is 2.18. The molecule has 3 rings (SSSR count). The normalized spacial score (nSPS) is 12.3. The molecule has 0 atom stereocenters. The molecule has 22 heavy (non-hydrogen) atoms. The Morgan fingerprint density at radius 3 is 2.50 bits per heavy atom. The Hall–Kier alpha value is -2.62. The van der Waals surface area contributed by atoms with Crippen molar-refractivity contribution in [3.8, 4) is 5.75 Å². The molecular weight excluding hydrogens is 274 g/mol. The van der Waals surface area contributed by atoms with Gasteiger partial charge in [0.05, 0.1) is 5.52 Å². The lowest BCUT2D eigenvalue weighted by atomic mass is 9.86. The number of phenols is 1. The molecule has 0 aliphatic rings. The van der Waals surface area contributed by atoms with Gasteiger partial charge in [-0.2, -0.15) is 0 Å². The summed E-state index contributed by atoms with van der Waals surface area (Å²) in [6.45, 7) is 6.17. The number of phenolic OH excluding ortho intramolecular Hbond substituents is 1. The van der Waals surface area contributed by atoms with Crippen LogP contribution in [0.1, 0.15) is 26.3 Å². The summed E-state index contributed by atoms with van der Waals surface area (Å²) in [4.78, 5) is 0.